The van der Waals surface area contributed by atoms with Crippen molar-refractivity contribution in [2.24, 2.45) is 0 Å². The Balaban J connectivity index is 1.63. The molecule has 1 N–H and O–H groups in total. The SMILES string of the molecule is COc1ccc2c(c1OCc1ccccc1)CN(S(=O)(=O)c1ccc(C)cc1)C(c1cc(C)c(O)c(Br)c1)C2. The number of benzene rings is 4. The number of nitrogens with zero attached hydrogens (tertiary/aromatic N) is 1. The Labute approximate surface area is 238 Å². The van der Waals surface area contributed by atoms with Crippen LogP contribution in [0.3, 0.4) is 0 Å². The summed E-state index contributed by atoms with van der Waals surface area (Å²) in [6, 6.07) is 23.7. The van der Waals surface area contributed by atoms with Gasteiger partial charge in [0.25, 0.3) is 0 Å². The highest BCUT2D eigenvalue weighted by molar-refractivity contribution is 9.10. The van der Waals surface area contributed by atoms with E-state index in [-0.39, 0.29) is 17.2 Å². The second-order valence-electron chi connectivity index (χ2n) is 9.76. The van der Waals surface area contributed by atoms with E-state index in [0.717, 1.165) is 27.8 Å². The molecule has 4 aromatic rings. The van der Waals surface area contributed by atoms with Crippen molar-refractivity contribution in [3.63, 3.8) is 0 Å². The van der Waals surface area contributed by atoms with Crippen LogP contribution in [0.4, 0.5) is 0 Å². The number of fused-ring (bicyclic) bond motifs is 1. The number of phenols is 1. The van der Waals surface area contributed by atoms with Gasteiger partial charge in [-0.1, -0.05) is 60.2 Å². The van der Waals surface area contributed by atoms with Crippen molar-refractivity contribution in [2.75, 3.05) is 7.11 Å². The van der Waals surface area contributed by atoms with Gasteiger partial charge in [0, 0.05) is 12.1 Å². The van der Waals surface area contributed by atoms with E-state index >= 15 is 0 Å². The van der Waals surface area contributed by atoms with Crippen molar-refractivity contribution < 1.29 is 23.0 Å². The van der Waals surface area contributed by atoms with E-state index in [1.165, 1.54) is 4.31 Å². The van der Waals surface area contributed by atoms with Gasteiger partial charge in [0.15, 0.2) is 11.5 Å². The summed E-state index contributed by atoms with van der Waals surface area (Å²) in [4.78, 5) is 0.228. The minimum absolute atomic E-state index is 0.106. The van der Waals surface area contributed by atoms with Crippen LogP contribution in [0.15, 0.2) is 88.2 Å². The van der Waals surface area contributed by atoms with Crippen molar-refractivity contribution in [1.82, 2.24) is 4.31 Å². The molecule has 1 unspecified atom stereocenters. The van der Waals surface area contributed by atoms with E-state index in [4.69, 9.17) is 9.47 Å². The van der Waals surface area contributed by atoms with Gasteiger partial charge in [-0.05, 0) is 82.7 Å². The predicted octanol–water partition coefficient (Wildman–Crippen LogP) is 6.85. The lowest BCUT2D eigenvalue weighted by molar-refractivity contribution is 0.257. The largest absolute Gasteiger partial charge is 0.506 e. The molecule has 1 heterocycles. The van der Waals surface area contributed by atoms with Crippen LogP contribution in [0.1, 0.15) is 39.4 Å². The Bertz CT molecular complexity index is 1580. The zero-order valence-electron chi connectivity index (χ0n) is 22.0. The third-order valence-corrected chi connectivity index (χ3v) is 9.60. The van der Waals surface area contributed by atoms with Crippen LogP contribution in [0, 0.1) is 13.8 Å². The molecule has 0 bridgehead atoms. The van der Waals surface area contributed by atoms with Gasteiger partial charge in [-0.3, -0.25) is 0 Å². The average Bonchev–Trinajstić information content (AvgIpc) is 2.94. The number of halogens is 1. The first-order valence-corrected chi connectivity index (χ1v) is 14.9. The number of methoxy groups -OCH3 is 1. The van der Waals surface area contributed by atoms with Crippen LogP contribution in [0.25, 0.3) is 0 Å². The van der Waals surface area contributed by atoms with Gasteiger partial charge in [-0.25, -0.2) is 8.42 Å². The molecule has 0 aromatic heterocycles. The summed E-state index contributed by atoms with van der Waals surface area (Å²) >= 11 is 3.44. The Morgan fingerprint density at radius 2 is 1.72 bits per heavy atom. The Morgan fingerprint density at radius 1 is 1.00 bits per heavy atom. The number of rotatable bonds is 7. The molecule has 0 aliphatic carbocycles. The van der Waals surface area contributed by atoms with Crippen molar-refractivity contribution in [3.05, 3.63) is 117 Å². The Morgan fingerprint density at radius 3 is 2.38 bits per heavy atom. The summed E-state index contributed by atoms with van der Waals surface area (Å²) in [5.74, 6) is 1.24. The molecular weight excluding hydrogens is 578 g/mol. The molecule has 0 saturated carbocycles. The fraction of sp³-hybridized carbons (Fsp3) is 0.226. The van der Waals surface area contributed by atoms with Gasteiger partial charge in [0.05, 0.1) is 22.5 Å². The molecular formula is C31H30BrNO5S. The summed E-state index contributed by atoms with van der Waals surface area (Å²) in [6.07, 6.45) is 0.433. The molecule has 0 radical (unpaired) electrons. The van der Waals surface area contributed by atoms with Crippen LogP contribution in [-0.4, -0.2) is 24.9 Å². The first-order chi connectivity index (χ1) is 18.7. The van der Waals surface area contributed by atoms with Crippen molar-refractivity contribution in [3.8, 4) is 17.2 Å². The number of aromatic hydroxyl groups is 1. The summed E-state index contributed by atoms with van der Waals surface area (Å²) < 4.78 is 42.3. The third kappa shape index (κ3) is 5.41. The van der Waals surface area contributed by atoms with Gasteiger partial charge < -0.3 is 14.6 Å². The van der Waals surface area contributed by atoms with E-state index in [1.54, 1.807) is 44.4 Å². The number of hydrogen-bond donors (Lipinski definition) is 1. The van der Waals surface area contributed by atoms with Gasteiger partial charge in [-0.2, -0.15) is 4.31 Å². The fourth-order valence-electron chi connectivity index (χ4n) is 4.97. The maximum atomic E-state index is 14.2. The lowest BCUT2D eigenvalue weighted by Crippen LogP contribution is -2.39. The molecule has 8 heteroatoms. The Kier molecular flexibility index (Phi) is 7.71. The minimum Gasteiger partial charge on any atom is -0.506 e. The summed E-state index contributed by atoms with van der Waals surface area (Å²) in [5.41, 5.74) is 5.21. The van der Waals surface area contributed by atoms with Crippen LogP contribution in [-0.2, 0) is 29.6 Å². The first kappa shape index (κ1) is 27.2. The zero-order valence-corrected chi connectivity index (χ0v) is 24.4. The normalized spacial score (nSPS) is 15.5. The van der Waals surface area contributed by atoms with Crippen molar-refractivity contribution in [1.29, 1.82) is 0 Å². The van der Waals surface area contributed by atoms with Crippen molar-refractivity contribution in [2.45, 2.75) is 44.4 Å². The molecule has 0 spiro atoms. The van der Waals surface area contributed by atoms with Gasteiger partial charge in [0.2, 0.25) is 10.0 Å². The molecule has 5 rings (SSSR count). The number of ether oxygens (including phenoxy) is 2. The van der Waals surface area contributed by atoms with E-state index in [2.05, 4.69) is 15.9 Å². The second kappa shape index (κ2) is 11.0. The van der Waals surface area contributed by atoms with Gasteiger partial charge in [0.1, 0.15) is 12.4 Å². The molecule has 1 atom stereocenters. The van der Waals surface area contributed by atoms with E-state index in [0.29, 0.717) is 34.6 Å². The number of sulfonamides is 1. The molecule has 0 fully saturated rings. The minimum atomic E-state index is -3.90. The molecule has 1 aliphatic rings. The lowest BCUT2D eigenvalue weighted by Gasteiger charge is -2.37. The van der Waals surface area contributed by atoms with E-state index in [9.17, 15) is 13.5 Å². The van der Waals surface area contributed by atoms with Crippen LogP contribution >= 0.6 is 15.9 Å². The molecule has 4 aromatic carbocycles. The highest BCUT2D eigenvalue weighted by Crippen LogP contribution is 2.45. The first-order valence-electron chi connectivity index (χ1n) is 12.6. The molecule has 6 nitrogen and oxygen atoms in total. The maximum Gasteiger partial charge on any atom is 0.243 e. The standard InChI is InChI=1S/C31H30BrNO5S/c1-20-9-12-25(13-10-20)39(35,36)33-18-26-23(17-28(33)24-15-21(2)30(34)27(32)16-24)11-14-29(37-3)31(26)38-19-22-7-5-4-6-8-22/h4-16,28,34H,17-19H2,1-3H3. The summed E-state index contributed by atoms with van der Waals surface area (Å²) in [5, 5.41) is 10.4. The monoisotopic (exact) mass is 607 g/mol. The molecule has 0 amide bonds. The van der Waals surface area contributed by atoms with Gasteiger partial charge in [-0.15, -0.1) is 0 Å². The smallest absolute Gasteiger partial charge is 0.243 e. The van der Waals surface area contributed by atoms with E-state index in [1.807, 2.05) is 55.5 Å². The topological polar surface area (TPSA) is 76.1 Å². The van der Waals surface area contributed by atoms with Crippen LogP contribution < -0.4 is 9.47 Å². The van der Waals surface area contributed by atoms with Gasteiger partial charge >= 0.3 is 0 Å². The molecule has 0 saturated heterocycles. The average molecular weight is 609 g/mol. The predicted molar refractivity (Wildman–Crippen MR) is 155 cm³/mol. The number of phenolic OH excluding ortho intramolecular Hbond substituents is 1. The van der Waals surface area contributed by atoms with Crippen molar-refractivity contribution >= 4 is 26.0 Å². The maximum absolute atomic E-state index is 14.2. The lowest BCUT2D eigenvalue weighted by atomic mass is 9.90. The second-order valence-corrected chi connectivity index (χ2v) is 12.5. The zero-order chi connectivity index (χ0) is 27.7. The molecule has 202 valence electrons. The molecule has 1 aliphatic heterocycles. The quantitative estimate of drug-likeness (QED) is 0.249. The Hall–Kier alpha value is -3.33. The number of hydrogen-bond acceptors (Lipinski definition) is 5. The van der Waals surface area contributed by atoms with E-state index < -0.39 is 16.1 Å². The van der Waals surface area contributed by atoms with Crippen LogP contribution in [0.2, 0.25) is 0 Å². The summed E-state index contributed by atoms with van der Waals surface area (Å²) in [6.45, 7) is 4.16. The third-order valence-electron chi connectivity index (χ3n) is 7.13. The summed E-state index contributed by atoms with van der Waals surface area (Å²) in [7, 11) is -2.32. The highest BCUT2D eigenvalue weighted by atomic mass is 79.9. The highest BCUT2D eigenvalue weighted by Gasteiger charge is 2.39. The number of aryl methyl sites for hydroxylation is 2. The van der Waals surface area contributed by atoms with Crippen LogP contribution in [0.5, 0.6) is 17.2 Å². The fourth-order valence-corrected chi connectivity index (χ4v) is 7.13. The molecule has 39 heavy (non-hydrogen) atoms.